The highest BCUT2D eigenvalue weighted by atomic mass is 32.2. The Balaban J connectivity index is 1.60. The Morgan fingerprint density at radius 2 is 1.95 bits per heavy atom. The Bertz CT molecular complexity index is 577. The lowest BCUT2D eigenvalue weighted by Gasteiger charge is -2.12. The number of benzene rings is 1. The predicted octanol–water partition coefficient (Wildman–Crippen LogP) is 3.20. The van der Waals surface area contributed by atoms with Crippen LogP contribution in [0, 0.1) is 0 Å². The molecule has 0 radical (unpaired) electrons. The van der Waals surface area contributed by atoms with Gasteiger partial charge < -0.3 is 4.74 Å². The summed E-state index contributed by atoms with van der Waals surface area (Å²) in [6.45, 7) is 0.598. The number of hydrogen-bond acceptors (Lipinski definition) is 4. The molecule has 1 unspecified atom stereocenters. The number of nitrogens with zero attached hydrogens (tertiary/aromatic N) is 2. The zero-order chi connectivity index (χ0) is 13.8. The van der Waals surface area contributed by atoms with Gasteiger partial charge in [0.05, 0.1) is 6.54 Å². The second-order valence-corrected chi connectivity index (χ2v) is 5.54. The highest BCUT2D eigenvalue weighted by Crippen LogP contribution is 2.25. The third-order valence-corrected chi connectivity index (χ3v) is 4.17. The van der Waals surface area contributed by atoms with Gasteiger partial charge in [0.15, 0.2) is 0 Å². The van der Waals surface area contributed by atoms with Gasteiger partial charge in [-0.2, -0.15) is 0 Å². The highest BCUT2D eigenvalue weighted by molar-refractivity contribution is 7.99. The second kappa shape index (κ2) is 5.96. The lowest BCUT2D eigenvalue weighted by atomic mass is 10.3. The van der Waals surface area contributed by atoms with Crippen molar-refractivity contribution in [1.29, 1.82) is 0 Å². The number of carbonyl (C=O) groups excluding carboxylic acids is 1. The van der Waals surface area contributed by atoms with E-state index in [1.807, 2.05) is 42.5 Å². The van der Waals surface area contributed by atoms with E-state index in [1.165, 1.54) is 0 Å². The first-order valence-electron chi connectivity index (χ1n) is 6.39. The van der Waals surface area contributed by atoms with Crippen LogP contribution in [0.25, 0.3) is 0 Å². The van der Waals surface area contributed by atoms with E-state index >= 15 is 0 Å². The fraction of sp³-hybridized carbons (Fsp3) is 0.200. The van der Waals surface area contributed by atoms with Crippen LogP contribution >= 0.6 is 11.8 Å². The summed E-state index contributed by atoms with van der Waals surface area (Å²) >= 11 is 1.67. The Morgan fingerprint density at radius 3 is 2.70 bits per heavy atom. The van der Waals surface area contributed by atoms with Crippen LogP contribution in [-0.2, 0) is 4.74 Å². The molecule has 1 aliphatic rings. The first-order valence-corrected chi connectivity index (χ1v) is 7.37. The molecule has 1 aromatic carbocycles. The van der Waals surface area contributed by atoms with Crippen LogP contribution in [0.15, 0.2) is 59.8 Å². The normalized spacial score (nSPS) is 18.1. The minimum absolute atomic E-state index is 0.0825. The second-order valence-electron chi connectivity index (χ2n) is 4.45. The maximum absolute atomic E-state index is 11.9. The van der Waals surface area contributed by atoms with Crippen molar-refractivity contribution in [3.63, 3.8) is 0 Å². The van der Waals surface area contributed by atoms with Gasteiger partial charge in [0.25, 0.3) is 0 Å². The van der Waals surface area contributed by atoms with Crippen molar-refractivity contribution >= 4 is 23.5 Å². The number of hydrogen-bond donors (Lipinski definition) is 0. The Hall–Kier alpha value is -2.01. The number of para-hydroxylation sites is 1. The minimum Gasteiger partial charge on any atom is -0.443 e. The van der Waals surface area contributed by atoms with Gasteiger partial charge in [-0.1, -0.05) is 18.2 Å². The monoisotopic (exact) mass is 286 g/mol. The molecule has 102 valence electrons. The summed E-state index contributed by atoms with van der Waals surface area (Å²) in [5.74, 6) is 0.749. The van der Waals surface area contributed by atoms with Crippen LogP contribution in [0.3, 0.4) is 0 Å². The molecular weight excluding hydrogens is 272 g/mol. The SMILES string of the molecule is O=C1OC(CSc2ccncc2)CN1c1ccccc1. The topological polar surface area (TPSA) is 42.4 Å². The zero-order valence-corrected chi connectivity index (χ0v) is 11.6. The Morgan fingerprint density at radius 1 is 1.20 bits per heavy atom. The molecule has 1 aromatic heterocycles. The number of carbonyl (C=O) groups is 1. The van der Waals surface area contributed by atoms with Gasteiger partial charge in [-0.15, -0.1) is 11.8 Å². The molecule has 5 heteroatoms. The molecule has 1 fully saturated rings. The van der Waals surface area contributed by atoms with E-state index in [-0.39, 0.29) is 12.2 Å². The zero-order valence-electron chi connectivity index (χ0n) is 10.8. The number of aromatic nitrogens is 1. The number of amides is 1. The van der Waals surface area contributed by atoms with Crippen molar-refractivity contribution in [2.24, 2.45) is 0 Å². The summed E-state index contributed by atoms with van der Waals surface area (Å²) < 4.78 is 5.40. The molecule has 1 atom stereocenters. The van der Waals surface area contributed by atoms with Gasteiger partial charge in [-0.05, 0) is 24.3 Å². The molecule has 1 aliphatic heterocycles. The van der Waals surface area contributed by atoms with Gasteiger partial charge in [-0.25, -0.2) is 4.79 Å². The number of rotatable bonds is 4. The molecule has 0 aliphatic carbocycles. The number of thioether (sulfide) groups is 1. The van der Waals surface area contributed by atoms with Crippen molar-refractivity contribution in [2.75, 3.05) is 17.2 Å². The maximum atomic E-state index is 11.9. The van der Waals surface area contributed by atoms with Crippen molar-refractivity contribution in [3.05, 3.63) is 54.9 Å². The molecule has 3 rings (SSSR count). The largest absolute Gasteiger partial charge is 0.443 e. The third kappa shape index (κ3) is 2.93. The molecule has 4 nitrogen and oxygen atoms in total. The molecule has 0 saturated carbocycles. The number of anilines is 1. The van der Waals surface area contributed by atoms with E-state index in [0.717, 1.165) is 16.3 Å². The summed E-state index contributed by atoms with van der Waals surface area (Å²) in [7, 11) is 0. The van der Waals surface area contributed by atoms with Gasteiger partial charge in [0.2, 0.25) is 0 Å². The van der Waals surface area contributed by atoms with Gasteiger partial charge in [0, 0.05) is 28.7 Å². The molecule has 2 heterocycles. The van der Waals surface area contributed by atoms with Crippen LogP contribution in [0.2, 0.25) is 0 Å². The lowest BCUT2D eigenvalue weighted by Crippen LogP contribution is -2.24. The van der Waals surface area contributed by atoms with Crippen molar-refractivity contribution in [3.8, 4) is 0 Å². The van der Waals surface area contributed by atoms with E-state index < -0.39 is 0 Å². The molecule has 1 amide bonds. The number of pyridine rings is 1. The van der Waals surface area contributed by atoms with Crippen LogP contribution in [0.1, 0.15) is 0 Å². The van der Waals surface area contributed by atoms with E-state index in [4.69, 9.17) is 4.74 Å². The van der Waals surface area contributed by atoms with Crippen LogP contribution in [0.5, 0.6) is 0 Å². The highest BCUT2D eigenvalue weighted by Gasteiger charge is 2.32. The molecule has 0 spiro atoms. The van der Waals surface area contributed by atoms with Gasteiger partial charge in [-0.3, -0.25) is 9.88 Å². The quantitative estimate of drug-likeness (QED) is 0.809. The fourth-order valence-electron chi connectivity index (χ4n) is 2.05. The van der Waals surface area contributed by atoms with E-state index in [0.29, 0.717) is 6.54 Å². The lowest BCUT2D eigenvalue weighted by molar-refractivity contribution is 0.151. The third-order valence-electron chi connectivity index (χ3n) is 3.03. The average molecular weight is 286 g/mol. The molecule has 1 saturated heterocycles. The molecule has 0 bridgehead atoms. The van der Waals surface area contributed by atoms with Gasteiger partial charge >= 0.3 is 6.09 Å². The van der Waals surface area contributed by atoms with Crippen molar-refractivity contribution < 1.29 is 9.53 Å². The fourth-order valence-corrected chi connectivity index (χ4v) is 2.92. The smallest absolute Gasteiger partial charge is 0.414 e. The summed E-state index contributed by atoms with van der Waals surface area (Å²) in [5, 5.41) is 0. The van der Waals surface area contributed by atoms with Crippen LogP contribution < -0.4 is 4.90 Å². The summed E-state index contributed by atoms with van der Waals surface area (Å²) in [4.78, 5) is 18.7. The molecular formula is C15H14N2O2S. The van der Waals surface area contributed by atoms with Gasteiger partial charge in [0.1, 0.15) is 6.10 Å². The molecule has 20 heavy (non-hydrogen) atoms. The summed E-state index contributed by atoms with van der Waals surface area (Å²) in [6, 6.07) is 13.5. The van der Waals surface area contributed by atoms with E-state index in [2.05, 4.69) is 4.98 Å². The minimum atomic E-state index is -0.267. The summed E-state index contributed by atoms with van der Waals surface area (Å²) in [5.41, 5.74) is 0.883. The van der Waals surface area contributed by atoms with Crippen molar-refractivity contribution in [1.82, 2.24) is 4.98 Å². The van der Waals surface area contributed by atoms with Crippen LogP contribution in [-0.4, -0.2) is 29.5 Å². The number of ether oxygens (including phenoxy) is 1. The van der Waals surface area contributed by atoms with Crippen LogP contribution in [0.4, 0.5) is 10.5 Å². The van der Waals surface area contributed by atoms with E-state index in [1.54, 1.807) is 29.1 Å². The molecule has 0 N–H and O–H groups in total. The van der Waals surface area contributed by atoms with E-state index in [9.17, 15) is 4.79 Å². The first kappa shape index (κ1) is 13.0. The predicted molar refractivity (Wildman–Crippen MR) is 79.0 cm³/mol. The Kier molecular flexibility index (Phi) is 3.87. The standard InChI is InChI=1S/C15H14N2O2S/c18-15-17(12-4-2-1-3-5-12)10-13(19-15)11-20-14-6-8-16-9-7-14/h1-9,13H,10-11H2. The molecule has 2 aromatic rings. The summed E-state index contributed by atoms with van der Waals surface area (Å²) in [6.07, 6.45) is 3.18. The maximum Gasteiger partial charge on any atom is 0.414 e. The first-order chi connectivity index (χ1) is 9.83. The average Bonchev–Trinajstić information content (AvgIpc) is 2.88. The Labute approximate surface area is 121 Å². The van der Waals surface area contributed by atoms with Crippen molar-refractivity contribution in [2.45, 2.75) is 11.0 Å². The number of cyclic esters (lactones) is 1.